The van der Waals surface area contributed by atoms with Crippen molar-refractivity contribution in [1.29, 1.82) is 0 Å². The summed E-state index contributed by atoms with van der Waals surface area (Å²) in [5.41, 5.74) is 0. The van der Waals surface area contributed by atoms with Crippen LogP contribution >= 0.6 is 0 Å². The Labute approximate surface area is 56.5 Å². The number of nitrogens with zero attached hydrogens (tertiary/aromatic N) is 1. The molecule has 1 nitrogen and oxygen atoms in total. The summed E-state index contributed by atoms with van der Waals surface area (Å²) < 4.78 is 1.28. The molecule has 0 unspecified atom stereocenters. The number of hydrogen-bond acceptors (Lipinski definition) is 1. The summed E-state index contributed by atoms with van der Waals surface area (Å²) in [6, 6.07) is 0. The van der Waals surface area contributed by atoms with Crippen molar-refractivity contribution in [3.05, 3.63) is 15.7 Å². The van der Waals surface area contributed by atoms with Crippen LogP contribution in [0.15, 0.2) is 11.1 Å². The molecule has 0 aliphatic rings. The monoisotopic (exact) mass is 177 g/mol. The fourth-order valence-corrected chi connectivity index (χ4v) is 1.22. The van der Waals surface area contributed by atoms with Crippen LogP contribution in [0.2, 0.25) is 0 Å². The van der Waals surface area contributed by atoms with E-state index in [-0.39, 0.29) is 0 Å². The minimum atomic E-state index is 0.597. The molecule has 1 aromatic heterocycles. The maximum atomic E-state index is 4.00. The van der Waals surface area contributed by atoms with Crippen molar-refractivity contribution in [1.82, 2.24) is 4.98 Å². The molecule has 46 valence electrons. The molecule has 0 aliphatic carbocycles. The molecule has 1 aromatic rings. The first-order valence-corrected chi connectivity index (χ1v) is 4.60. The van der Waals surface area contributed by atoms with Gasteiger partial charge < -0.3 is 0 Å². The van der Waals surface area contributed by atoms with E-state index in [1.807, 2.05) is 20.0 Å². The van der Waals surface area contributed by atoms with E-state index < -0.39 is 0 Å². The molecule has 0 spiro atoms. The van der Waals surface area contributed by atoms with Crippen molar-refractivity contribution < 1.29 is 0 Å². The Morgan fingerprint density at radius 3 is 2.25 bits per heavy atom. The van der Waals surface area contributed by atoms with E-state index in [1.165, 1.54) is 4.57 Å². The Kier molecular flexibility index (Phi) is 5.03. The van der Waals surface area contributed by atoms with Gasteiger partial charge in [-0.15, -0.1) is 0 Å². The quantitative estimate of drug-likeness (QED) is 0.545. The van der Waals surface area contributed by atoms with Crippen LogP contribution in [0.25, 0.3) is 0 Å². The van der Waals surface area contributed by atoms with Crippen LogP contribution < -0.4 is 0 Å². The zero-order valence-electron chi connectivity index (χ0n) is 5.51. The Morgan fingerprint density at radius 2 is 2.12 bits per heavy atom. The fraction of sp³-hybridized carbons (Fsp3) is 0.500. The molecule has 0 aliphatic heterocycles. The van der Waals surface area contributed by atoms with Crippen molar-refractivity contribution in [2.75, 3.05) is 0 Å². The van der Waals surface area contributed by atoms with Crippen LogP contribution in [-0.2, 0) is 0 Å². The Hall–Kier alpha value is -0.0705. The molecule has 1 rings (SSSR count). The van der Waals surface area contributed by atoms with Gasteiger partial charge in [0, 0.05) is 0 Å². The van der Waals surface area contributed by atoms with Crippen LogP contribution in [0.1, 0.15) is 18.4 Å². The zero-order valence-corrected chi connectivity index (χ0v) is 7.22. The van der Waals surface area contributed by atoms with Gasteiger partial charge in [0.05, 0.1) is 0 Å². The molecule has 1 heterocycles. The summed E-state index contributed by atoms with van der Waals surface area (Å²) in [7, 11) is 0. The van der Waals surface area contributed by atoms with Crippen molar-refractivity contribution in [2.24, 2.45) is 0 Å². The van der Waals surface area contributed by atoms with Gasteiger partial charge >= 0.3 is 42.1 Å². The van der Waals surface area contributed by atoms with Gasteiger partial charge in [-0.3, -0.25) is 0 Å². The summed E-state index contributed by atoms with van der Waals surface area (Å²) in [4.78, 5) is 6.11. The zero-order chi connectivity index (χ0) is 6.41. The van der Waals surface area contributed by atoms with Gasteiger partial charge in [0.2, 0.25) is 0 Å². The van der Waals surface area contributed by atoms with Crippen LogP contribution in [-0.4, -0.2) is 19.5 Å². The fourth-order valence-electron chi connectivity index (χ4n) is 0.295. The van der Waals surface area contributed by atoms with Crippen LogP contribution in [0.4, 0.5) is 0 Å². The number of aromatic nitrogens is 1. The maximum absolute atomic E-state index is 4.00. The van der Waals surface area contributed by atoms with Gasteiger partial charge in [0.1, 0.15) is 0 Å². The van der Waals surface area contributed by atoms with Crippen LogP contribution in [0.5, 0.6) is 0 Å². The molecule has 0 amide bonds. The molecule has 0 radical (unpaired) electrons. The molecule has 8 heavy (non-hydrogen) atoms. The molecular weight excluding hydrogens is 165 g/mol. The predicted molar refractivity (Wildman–Crippen MR) is 37.3 cm³/mol. The third kappa shape index (κ3) is 3.00. The minimum absolute atomic E-state index is 0.597. The van der Waals surface area contributed by atoms with Crippen molar-refractivity contribution in [2.45, 2.75) is 20.8 Å². The average molecular weight is 176 g/mol. The number of rotatable bonds is 0. The molecule has 0 bridgehead atoms. The number of hydrogen-bond donors (Lipinski definition) is 0. The van der Waals surface area contributed by atoms with E-state index in [4.69, 9.17) is 0 Å². The average Bonchev–Trinajstić information content (AvgIpc) is 2.24. The first-order chi connectivity index (χ1) is 3.89. The molecule has 0 atom stereocenters. The molecule has 2 heteroatoms. The molecule has 0 aromatic carbocycles. The van der Waals surface area contributed by atoms with Crippen molar-refractivity contribution in [3.8, 4) is 0 Å². The van der Waals surface area contributed by atoms with Crippen molar-refractivity contribution >= 4 is 14.5 Å². The predicted octanol–water partition coefficient (Wildman–Crippen LogP) is 1.47. The third-order valence-corrected chi connectivity index (χ3v) is 2.03. The van der Waals surface area contributed by atoms with Gasteiger partial charge in [-0.25, -0.2) is 0 Å². The molecule has 0 fully saturated rings. The summed E-state index contributed by atoms with van der Waals surface area (Å²) in [6.07, 6.45) is 1.87. The van der Waals surface area contributed by atoms with E-state index >= 15 is 0 Å². The van der Waals surface area contributed by atoms with Gasteiger partial charge in [-0.1, -0.05) is 13.8 Å². The standard InChI is InChI=1S/C4H5NSe.C2H6/c1-4-5-2-3-6-4;1-2/h2-3H,1H3;1-2H3. The van der Waals surface area contributed by atoms with E-state index in [1.54, 1.807) is 0 Å². The van der Waals surface area contributed by atoms with Crippen LogP contribution in [0, 0.1) is 6.92 Å². The number of aryl methyl sites for hydroxylation is 1. The second-order valence-electron chi connectivity index (χ2n) is 1.05. The molecule has 0 N–H and O–H groups in total. The van der Waals surface area contributed by atoms with E-state index in [2.05, 4.69) is 16.8 Å². The molecule has 0 saturated carbocycles. The van der Waals surface area contributed by atoms with Gasteiger partial charge in [0.25, 0.3) is 0 Å². The first-order valence-electron chi connectivity index (χ1n) is 2.75. The summed E-state index contributed by atoms with van der Waals surface area (Å²) in [5, 5.41) is 0. The van der Waals surface area contributed by atoms with E-state index in [9.17, 15) is 0 Å². The van der Waals surface area contributed by atoms with E-state index in [0.29, 0.717) is 14.5 Å². The normalized spacial score (nSPS) is 7.38. The molecule has 0 saturated heterocycles. The van der Waals surface area contributed by atoms with Crippen LogP contribution in [0.3, 0.4) is 0 Å². The topological polar surface area (TPSA) is 12.9 Å². The summed E-state index contributed by atoms with van der Waals surface area (Å²) in [6.45, 7) is 6.06. The Balaban J connectivity index is 0.000000222. The Bertz CT molecular complexity index is 112. The van der Waals surface area contributed by atoms with Crippen molar-refractivity contribution in [3.63, 3.8) is 0 Å². The second kappa shape index (κ2) is 5.07. The third-order valence-electron chi connectivity index (χ3n) is 0.556. The summed E-state index contributed by atoms with van der Waals surface area (Å²) >= 11 is 0.597. The molecular formula is C6H11NSe. The van der Waals surface area contributed by atoms with Gasteiger partial charge in [-0.05, 0) is 0 Å². The van der Waals surface area contributed by atoms with E-state index in [0.717, 1.165) is 0 Å². The first kappa shape index (κ1) is 7.93. The SMILES string of the molecule is CC.Cc1ncc[se]1. The second-order valence-corrected chi connectivity index (χ2v) is 3.36. The van der Waals surface area contributed by atoms with Gasteiger partial charge in [-0.2, -0.15) is 0 Å². The van der Waals surface area contributed by atoms with Gasteiger partial charge in [0.15, 0.2) is 0 Å². The summed E-state index contributed by atoms with van der Waals surface area (Å²) in [5.74, 6) is 0. The Morgan fingerprint density at radius 1 is 1.50 bits per heavy atom.